The third-order valence-corrected chi connectivity index (χ3v) is 9.31. The largest absolute Gasteiger partial charge is 0.500 e. The zero-order valence-electron chi connectivity index (χ0n) is 32.5. The van der Waals surface area contributed by atoms with E-state index in [4.69, 9.17) is 4.42 Å². The first-order valence-electron chi connectivity index (χ1n) is 18.4. The van der Waals surface area contributed by atoms with Crippen molar-refractivity contribution in [2.45, 2.75) is 68.2 Å². The number of aryl methyl sites for hydroxylation is 2. The number of fused-ring (bicyclic) bond motifs is 5. The van der Waals surface area contributed by atoms with Crippen molar-refractivity contribution in [1.82, 2.24) is 15.0 Å². The van der Waals surface area contributed by atoms with E-state index in [1.807, 2.05) is 56.6 Å². The van der Waals surface area contributed by atoms with Gasteiger partial charge in [-0.15, -0.1) is 54.1 Å². The van der Waals surface area contributed by atoms with E-state index in [0.29, 0.717) is 5.41 Å². The second-order valence-corrected chi connectivity index (χ2v) is 16.5. The van der Waals surface area contributed by atoms with Crippen molar-refractivity contribution in [3.63, 3.8) is 0 Å². The molecule has 0 aliphatic rings. The Hall–Kier alpha value is -4.96. The van der Waals surface area contributed by atoms with E-state index in [1.165, 1.54) is 22.3 Å². The van der Waals surface area contributed by atoms with Gasteiger partial charge in [-0.3, -0.25) is 4.98 Å². The van der Waals surface area contributed by atoms with E-state index in [0.717, 1.165) is 79.5 Å². The van der Waals surface area contributed by atoms with Crippen molar-refractivity contribution >= 4 is 32.7 Å². The standard InChI is InChI=1S/C27H25N2O.C22H22N.Ir/c1-16-13-23-19(17(2)29-16)9-10-21-20-7-6-8-22(25(20)30-26(21)23)24-14-18(11-12-28-24)15-27(3,4)5;1-22(2,3)16-17-9-11-18(12-10-17)20-13-14-23-21(15-20)19-7-5-4-6-8-19;/h6-7,9-14H,15H2,1-5H3;4-7,9-15H,16H2,1-3H3;/q2*-1;. The summed E-state index contributed by atoms with van der Waals surface area (Å²) in [4.78, 5) is 13.7. The molecular formula is C49H47IrN3O-2. The third-order valence-electron chi connectivity index (χ3n) is 9.31. The summed E-state index contributed by atoms with van der Waals surface area (Å²) in [5.41, 5.74) is 13.2. The van der Waals surface area contributed by atoms with Crippen LogP contribution < -0.4 is 0 Å². The van der Waals surface area contributed by atoms with Crippen molar-refractivity contribution in [3.05, 3.63) is 150 Å². The minimum Gasteiger partial charge on any atom is -0.500 e. The molecule has 0 unspecified atom stereocenters. The molecule has 0 aliphatic carbocycles. The van der Waals surface area contributed by atoms with Gasteiger partial charge in [0.25, 0.3) is 0 Å². The maximum absolute atomic E-state index is 6.50. The van der Waals surface area contributed by atoms with Crippen LogP contribution in [0.3, 0.4) is 0 Å². The van der Waals surface area contributed by atoms with E-state index in [-0.39, 0.29) is 25.5 Å². The molecule has 0 saturated heterocycles. The molecule has 8 rings (SSSR count). The molecule has 0 aliphatic heterocycles. The normalized spacial score (nSPS) is 11.7. The second-order valence-electron chi connectivity index (χ2n) is 16.5. The fourth-order valence-electron chi connectivity index (χ4n) is 7.11. The molecule has 4 aromatic carbocycles. The molecule has 0 bridgehead atoms. The van der Waals surface area contributed by atoms with Crippen molar-refractivity contribution in [2.24, 2.45) is 10.8 Å². The van der Waals surface area contributed by atoms with Crippen LogP contribution in [0.4, 0.5) is 0 Å². The van der Waals surface area contributed by atoms with E-state index in [1.54, 1.807) is 0 Å². The summed E-state index contributed by atoms with van der Waals surface area (Å²) in [5.74, 6) is 0. The molecule has 275 valence electrons. The zero-order chi connectivity index (χ0) is 37.3. The number of benzene rings is 4. The quantitative estimate of drug-likeness (QED) is 0.162. The summed E-state index contributed by atoms with van der Waals surface area (Å²) < 4.78 is 6.50. The number of hydrogen-bond acceptors (Lipinski definition) is 4. The summed E-state index contributed by atoms with van der Waals surface area (Å²) in [7, 11) is 0. The minimum absolute atomic E-state index is 0. The molecule has 1 radical (unpaired) electrons. The monoisotopic (exact) mass is 886 g/mol. The van der Waals surface area contributed by atoms with Gasteiger partial charge >= 0.3 is 0 Å². The maximum Gasteiger partial charge on any atom is 0.128 e. The molecular weight excluding hydrogens is 839 g/mol. The summed E-state index contributed by atoms with van der Waals surface area (Å²) >= 11 is 0. The Morgan fingerprint density at radius 2 is 1.26 bits per heavy atom. The van der Waals surface area contributed by atoms with Gasteiger partial charge in [-0.25, -0.2) is 0 Å². The topological polar surface area (TPSA) is 51.8 Å². The molecule has 4 heterocycles. The van der Waals surface area contributed by atoms with Gasteiger partial charge in [0.2, 0.25) is 0 Å². The molecule has 0 N–H and O–H groups in total. The summed E-state index contributed by atoms with van der Waals surface area (Å²) in [6.45, 7) is 17.6. The van der Waals surface area contributed by atoms with Crippen LogP contribution >= 0.6 is 0 Å². The van der Waals surface area contributed by atoms with Gasteiger partial charge < -0.3 is 14.4 Å². The average Bonchev–Trinajstić information content (AvgIpc) is 3.51. The maximum atomic E-state index is 6.50. The summed E-state index contributed by atoms with van der Waals surface area (Å²) in [5, 5.41) is 4.44. The van der Waals surface area contributed by atoms with Gasteiger partial charge in [-0.2, -0.15) is 0 Å². The first kappa shape index (κ1) is 38.8. The Bertz CT molecular complexity index is 2540. The van der Waals surface area contributed by atoms with Crippen LogP contribution in [-0.4, -0.2) is 15.0 Å². The molecule has 0 amide bonds. The molecule has 5 heteroatoms. The molecule has 0 atom stereocenters. The first-order chi connectivity index (χ1) is 25.3. The van der Waals surface area contributed by atoms with Crippen LogP contribution in [0.25, 0.3) is 66.4 Å². The van der Waals surface area contributed by atoms with E-state index >= 15 is 0 Å². The smallest absolute Gasteiger partial charge is 0.128 e. The van der Waals surface area contributed by atoms with Crippen LogP contribution in [0.1, 0.15) is 64.1 Å². The average molecular weight is 886 g/mol. The molecule has 0 fully saturated rings. The predicted octanol–water partition coefficient (Wildman–Crippen LogP) is 13.0. The predicted molar refractivity (Wildman–Crippen MR) is 221 cm³/mol. The van der Waals surface area contributed by atoms with Gasteiger partial charge in [0.15, 0.2) is 0 Å². The van der Waals surface area contributed by atoms with Gasteiger partial charge in [-0.05, 0) is 83.8 Å². The van der Waals surface area contributed by atoms with Gasteiger partial charge in [0, 0.05) is 60.0 Å². The number of hydrogen-bond donors (Lipinski definition) is 0. The summed E-state index contributed by atoms with van der Waals surface area (Å²) in [6.07, 6.45) is 5.84. The summed E-state index contributed by atoms with van der Waals surface area (Å²) in [6, 6.07) is 42.3. The molecule has 54 heavy (non-hydrogen) atoms. The first-order valence-corrected chi connectivity index (χ1v) is 18.4. The van der Waals surface area contributed by atoms with Crippen LogP contribution in [-0.2, 0) is 32.9 Å². The van der Waals surface area contributed by atoms with Gasteiger partial charge in [0.1, 0.15) is 5.58 Å². The van der Waals surface area contributed by atoms with E-state index < -0.39 is 0 Å². The Kier molecular flexibility index (Phi) is 11.3. The molecule has 8 aromatic rings. The van der Waals surface area contributed by atoms with Crippen molar-refractivity contribution in [3.8, 4) is 33.6 Å². The van der Waals surface area contributed by atoms with Crippen molar-refractivity contribution in [2.75, 3.05) is 0 Å². The Balaban J connectivity index is 0.000000187. The molecule has 0 saturated carbocycles. The zero-order valence-corrected chi connectivity index (χ0v) is 34.9. The van der Waals surface area contributed by atoms with Crippen LogP contribution in [0, 0.1) is 36.8 Å². The fraction of sp³-hybridized carbons (Fsp3) is 0.245. The second kappa shape index (κ2) is 15.8. The number of rotatable bonds is 5. The van der Waals surface area contributed by atoms with Crippen LogP contribution in [0.5, 0.6) is 0 Å². The molecule has 4 nitrogen and oxygen atoms in total. The number of furan rings is 1. The van der Waals surface area contributed by atoms with Crippen molar-refractivity contribution < 1.29 is 24.5 Å². The molecule has 0 spiro atoms. The number of nitrogens with zero attached hydrogens (tertiary/aromatic N) is 3. The van der Waals surface area contributed by atoms with Crippen LogP contribution in [0.15, 0.2) is 120 Å². The van der Waals surface area contributed by atoms with Crippen LogP contribution in [0.2, 0.25) is 0 Å². The Labute approximate surface area is 333 Å². The minimum atomic E-state index is 0. The van der Waals surface area contributed by atoms with E-state index in [2.05, 4.69) is 141 Å². The number of pyridine rings is 3. The Morgan fingerprint density at radius 3 is 1.98 bits per heavy atom. The number of aromatic nitrogens is 3. The third kappa shape index (κ3) is 8.87. The fourth-order valence-corrected chi connectivity index (χ4v) is 7.11. The van der Waals surface area contributed by atoms with E-state index in [9.17, 15) is 0 Å². The molecule has 4 aromatic heterocycles. The van der Waals surface area contributed by atoms with Crippen molar-refractivity contribution in [1.29, 1.82) is 0 Å². The Morgan fingerprint density at radius 1 is 0.574 bits per heavy atom. The van der Waals surface area contributed by atoms with Gasteiger partial charge in [-0.1, -0.05) is 107 Å². The SMILES string of the molecule is CC(C)(C)Cc1ccc(-c2ccnc(-c3[c-]cccc3)c2)cc1.Cc1cc2c(ccc3c4cc[c-]c(-c5cc(CC(C)(C)C)ccn5)c4oc23)c(C)n1.[Ir]. The van der Waals surface area contributed by atoms with Gasteiger partial charge in [0.05, 0.1) is 5.58 Å².